The van der Waals surface area contributed by atoms with Crippen molar-refractivity contribution in [2.24, 2.45) is 0 Å². The van der Waals surface area contributed by atoms with Crippen molar-refractivity contribution >= 4 is 23.0 Å². The molecule has 5 heteroatoms. The summed E-state index contributed by atoms with van der Waals surface area (Å²) < 4.78 is 13.5. The molecule has 0 saturated carbocycles. The Balaban J connectivity index is 2.41. The second kappa shape index (κ2) is 4.75. The van der Waals surface area contributed by atoms with Gasteiger partial charge >= 0.3 is 5.97 Å². The number of nitrogens with two attached hydrogens (primary N) is 1. The number of carbonyl (C=O) groups is 1. The number of carboxylic acid groups (broad SMARTS) is 1. The van der Waals surface area contributed by atoms with Gasteiger partial charge in [0, 0.05) is 5.69 Å². The number of nitrogens with one attached hydrogen (secondary N) is 1. The largest absolute Gasteiger partial charge is 0.478 e. The maximum Gasteiger partial charge on any atom is 0.337 e. The van der Waals surface area contributed by atoms with E-state index in [0.717, 1.165) is 0 Å². The van der Waals surface area contributed by atoms with Crippen molar-refractivity contribution in [1.82, 2.24) is 0 Å². The summed E-state index contributed by atoms with van der Waals surface area (Å²) in [6.45, 7) is 0. The van der Waals surface area contributed by atoms with Crippen molar-refractivity contribution in [3.05, 3.63) is 53.8 Å². The van der Waals surface area contributed by atoms with Gasteiger partial charge in [0.05, 0.1) is 16.9 Å². The molecule has 92 valence electrons. The standard InChI is InChI=1S/C13H11FN2O2/c14-10-3-1-2-4-12(10)16-11-6-5-8(15)7-9(11)13(17)18/h1-7,16H,15H2,(H,17,18). The molecule has 0 spiro atoms. The SMILES string of the molecule is Nc1ccc(Nc2ccccc2F)c(C(=O)O)c1. The van der Waals surface area contributed by atoms with E-state index in [1.807, 2.05) is 0 Å². The van der Waals surface area contributed by atoms with Crippen LogP contribution < -0.4 is 11.1 Å². The molecule has 0 aliphatic carbocycles. The Bertz CT molecular complexity index is 599. The average molecular weight is 246 g/mol. The lowest BCUT2D eigenvalue weighted by atomic mass is 10.1. The summed E-state index contributed by atoms with van der Waals surface area (Å²) in [5.41, 5.74) is 6.37. The number of halogens is 1. The number of aromatic carboxylic acids is 1. The highest BCUT2D eigenvalue weighted by molar-refractivity contribution is 5.96. The third-order valence-corrected chi connectivity index (χ3v) is 2.42. The van der Waals surface area contributed by atoms with Gasteiger partial charge in [-0.25, -0.2) is 9.18 Å². The molecular formula is C13H11FN2O2. The summed E-state index contributed by atoms with van der Waals surface area (Å²) in [5.74, 6) is -1.58. The highest BCUT2D eigenvalue weighted by Gasteiger charge is 2.11. The molecule has 0 atom stereocenters. The Hall–Kier alpha value is -2.56. The van der Waals surface area contributed by atoms with Crippen LogP contribution in [0.3, 0.4) is 0 Å². The fourth-order valence-corrected chi connectivity index (χ4v) is 1.56. The first-order valence-electron chi connectivity index (χ1n) is 5.22. The number of para-hydroxylation sites is 1. The van der Waals surface area contributed by atoms with Crippen molar-refractivity contribution in [3.63, 3.8) is 0 Å². The molecule has 18 heavy (non-hydrogen) atoms. The molecule has 0 amide bonds. The van der Waals surface area contributed by atoms with E-state index in [0.29, 0.717) is 11.4 Å². The van der Waals surface area contributed by atoms with E-state index < -0.39 is 11.8 Å². The van der Waals surface area contributed by atoms with Gasteiger partial charge in [-0.3, -0.25) is 0 Å². The van der Waals surface area contributed by atoms with Crippen molar-refractivity contribution in [2.45, 2.75) is 0 Å². The lowest BCUT2D eigenvalue weighted by Gasteiger charge is -2.10. The van der Waals surface area contributed by atoms with E-state index in [2.05, 4.69) is 5.32 Å². The van der Waals surface area contributed by atoms with Crippen LogP contribution in [0.4, 0.5) is 21.5 Å². The Labute approximate surface area is 103 Å². The normalized spacial score (nSPS) is 10.1. The molecule has 0 fully saturated rings. The minimum atomic E-state index is -1.12. The van der Waals surface area contributed by atoms with Gasteiger partial charge in [0.1, 0.15) is 5.82 Å². The van der Waals surface area contributed by atoms with Crippen LogP contribution in [-0.4, -0.2) is 11.1 Å². The number of hydrogen-bond acceptors (Lipinski definition) is 3. The number of rotatable bonds is 3. The Kier molecular flexibility index (Phi) is 3.14. The lowest BCUT2D eigenvalue weighted by molar-refractivity contribution is 0.0698. The van der Waals surface area contributed by atoms with E-state index >= 15 is 0 Å². The van der Waals surface area contributed by atoms with E-state index in [4.69, 9.17) is 10.8 Å². The number of nitrogen functional groups attached to an aromatic ring is 1. The fourth-order valence-electron chi connectivity index (χ4n) is 1.56. The zero-order chi connectivity index (χ0) is 13.1. The van der Waals surface area contributed by atoms with Gasteiger partial charge in [-0.1, -0.05) is 12.1 Å². The maximum absolute atomic E-state index is 13.5. The van der Waals surface area contributed by atoms with E-state index in [1.165, 1.54) is 24.3 Å². The molecule has 0 saturated heterocycles. The number of anilines is 3. The zero-order valence-electron chi connectivity index (χ0n) is 9.35. The van der Waals surface area contributed by atoms with Crippen LogP contribution >= 0.6 is 0 Å². The van der Waals surface area contributed by atoms with Gasteiger partial charge in [-0.05, 0) is 30.3 Å². The third kappa shape index (κ3) is 2.40. The van der Waals surface area contributed by atoms with Crippen molar-refractivity contribution in [3.8, 4) is 0 Å². The summed E-state index contributed by atoms with van der Waals surface area (Å²) in [6.07, 6.45) is 0. The minimum absolute atomic E-state index is 0.00162. The summed E-state index contributed by atoms with van der Waals surface area (Å²) in [5, 5.41) is 11.8. The number of carboxylic acids is 1. The van der Waals surface area contributed by atoms with Gasteiger partial charge in [0.25, 0.3) is 0 Å². The average Bonchev–Trinajstić information content (AvgIpc) is 2.34. The molecule has 0 radical (unpaired) electrons. The highest BCUT2D eigenvalue weighted by Crippen LogP contribution is 2.24. The molecule has 2 rings (SSSR count). The number of benzene rings is 2. The summed E-state index contributed by atoms with van der Waals surface area (Å²) >= 11 is 0. The van der Waals surface area contributed by atoms with Gasteiger partial charge in [0.15, 0.2) is 0 Å². The second-order valence-electron chi connectivity index (χ2n) is 3.72. The molecule has 2 aromatic carbocycles. The first-order valence-corrected chi connectivity index (χ1v) is 5.22. The summed E-state index contributed by atoms with van der Waals surface area (Å²) in [7, 11) is 0. The van der Waals surface area contributed by atoms with Crippen LogP contribution in [0.15, 0.2) is 42.5 Å². The van der Waals surface area contributed by atoms with Gasteiger partial charge in [-0.2, -0.15) is 0 Å². The molecule has 0 unspecified atom stereocenters. The molecule has 4 N–H and O–H groups in total. The number of hydrogen-bond donors (Lipinski definition) is 3. The molecule has 2 aromatic rings. The van der Waals surface area contributed by atoms with Gasteiger partial charge in [-0.15, -0.1) is 0 Å². The first kappa shape index (κ1) is 11.9. The van der Waals surface area contributed by atoms with Crippen LogP contribution in [0.2, 0.25) is 0 Å². The van der Waals surface area contributed by atoms with Gasteiger partial charge in [0.2, 0.25) is 0 Å². The molecule has 0 aliphatic rings. The summed E-state index contributed by atoms with van der Waals surface area (Å²) in [6, 6.07) is 10.4. The van der Waals surface area contributed by atoms with Crippen molar-refractivity contribution in [2.75, 3.05) is 11.1 Å². The Morgan fingerprint density at radius 3 is 2.56 bits per heavy atom. The first-order chi connectivity index (χ1) is 8.58. The molecule has 0 aromatic heterocycles. The van der Waals surface area contributed by atoms with E-state index in [-0.39, 0.29) is 11.3 Å². The van der Waals surface area contributed by atoms with Crippen LogP contribution in [-0.2, 0) is 0 Å². The smallest absolute Gasteiger partial charge is 0.337 e. The van der Waals surface area contributed by atoms with Crippen LogP contribution in [0.25, 0.3) is 0 Å². The molecule has 0 heterocycles. The zero-order valence-corrected chi connectivity index (χ0v) is 9.35. The maximum atomic E-state index is 13.5. The van der Waals surface area contributed by atoms with E-state index in [1.54, 1.807) is 18.2 Å². The molecule has 4 nitrogen and oxygen atoms in total. The predicted molar refractivity (Wildman–Crippen MR) is 67.5 cm³/mol. The third-order valence-electron chi connectivity index (χ3n) is 2.42. The second-order valence-corrected chi connectivity index (χ2v) is 3.72. The topological polar surface area (TPSA) is 75.3 Å². The minimum Gasteiger partial charge on any atom is -0.478 e. The van der Waals surface area contributed by atoms with Crippen molar-refractivity contribution < 1.29 is 14.3 Å². The lowest BCUT2D eigenvalue weighted by Crippen LogP contribution is -2.04. The van der Waals surface area contributed by atoms with Crippen LogP contribution in [0.1, 0.15) is 10.4 Å². The highest BCUT2D eigenvalue weighted by atomic mass is 19.1. The molecule has 0 bridgehead atoms. The van der Waals surface area contributed by atoms with Gasteiger partial charge < -0.3 is 16.2 Å². The van der Waals surface area contributed by atoms with Crippen molar-refractivity contribution in [1.29, 1.82) is 0 Å². The van der Waals surface area contributed by atoms with E-state index in [9.17, 15) is 9.18 Å². The van der Waals surface area contributed by atoms with Crippen LogP contribution in [0.5, 0.6) is 0 Å². The fraction of sp³-hybridized carbons (Fsp3) is 0. The quantitative estimate of drug-likeness (QED) is 0.728. The Morgan fingerprint density at radius 1 is 1.17 bits per heavy atom. The summed E-state index contributed by atoms with van der Waals surface area (Å²) in [4.78, 5) is 11.1. The Morgan fingerprint density at radius 2 is 1.89 bits per heavy atom. The monoisotopic (exact) mass is 246 g/mol. The molecular weight excluding hydrogens is 235 g/mol. The van der Waals surface area contributed by atoms with Crippen LogP contribution in [0, 0.1) is 5.82 Å². The predicted octanol–water partition coefficient (Wildman–Crippen LogP) is 2.85. The molecule has 0 aliphatic heterocycles.